The highest BCUT2D eigenvalue weighted by Gasteiger charge is 2.17. The smallest absolute Gasteiger partial charge is 0.269 e. The molecule has 0 bridgehead atoms. The monoisotopic (exact) mass is 258 g/mol. The molecule has 0 amide bonds. The number of halogens is 1. The minimum absolute atomic E-state index is 0.321. The lowest BCUT2D eigenvalue weighted by Gasteiger charge is -2.01. The molecular formula is C10H11ClN2O2S. The van der Waals surface area contributed by atoms with E-state index in [1.54, 1.807) is 6.07 Å². The quantitative estimate of drug-likeness (QED) is 0.914. The highest BCUT2D eigenvalue weighted by Crippen LogP contribution is 2.32. The van der Waals surface area contributed by atoms with Gasteiger partial charge in [0.1, 0.15) is 11.0 Å². The van der Waals surface area contributed by atoms with Gasteiger partial charge in [-0.25, -0.2) is 0 Å². The Labute approximate surface area is 102 Å². The fourth-order valence-electron chi connectivity index (χ4n) is 1.31. The highest BCUT2D eigenvalue weighted by atomic mass is 35.5. The van der Waals surface area contributed by atoms with E-state index in [1.807, 2.05) is 12.3 Å². The number of nitrogens with zero attached hydrogens (tertiary/aromatic N) is 2. The molecule has 4 nitrogen and oxygen atoms in total. The third kappa shape index (κ3) is 2.26. The maximum absolute atomic E-state index is 9.69. The summed E-state index contributed by atoms with van der Waals surface area (Å²) in [6.45, 7) is 1.99. The van der Waals surface area contributed by atoms with Crippen molar-refractivity contribution in [3.63, 3.8) is 0 Å². The van der Waals surface area contributed by atoms with Crippen LogP contribution < -0.4 is 0 Å². The second-order valence-electron chi connectivity index (χ2n) is 3.36. The Morgan fingerprint density at radius 1 is 1.62 bits per heavy atom. The zero-order chi connectivity index (χ0) is 11.5. The molecule has 0 fully saturated rings. The van der Waals surface area contributed by atoms with Crippen LogP contribution in [0.2, 0.25) is 5.02 Å². The molecule has 2 heterocycles. The topological polar surface area (TPSA) is 59.2 Å². The van der Waals surface area contributed by atoms with Gasteiger partial charge >= 0.3 is 0 Å². The van der Waals surface area contributed by atoms with Crippen molar-refractivity contribution in [1.82, 2.24) is 10.1 Å². The van der Waals surface area contributed by atoms with E-state index < -0.39 is 6.10 Å². The summed E-state index contributed by atoms with van der Waals surface area (Å²) in [4.78, 5) is 4.87. The van der Waals surface area contributed by atoms with Gasteiger partial charge < -0.3 is 9.63 Å². The van der Waals surface area contributed by atoms with Crippen molar-refractivity contribution in [3.8, 4) is 10.8 Å². The normalized spacial score (nSPS) is 12.9. The van der Waals surface area contributed by atoms with Crippen LogP contribution in [0.25, 0.3) is 10.8 Å². The maximum atomic E-state index is 9.69. The van der Waals surface area contributed by atoms with Crippen molar-refractivity contribution in [3.05, 3.63) is 22.3 Å². The second-order valence-corrected chi connectivity index (χ2v) is 4.68. The molecule has 0 aliphatic heterocycles. The Balaban J connectivity index is 2.23. The summed E-state index contributed by atoms with van der Waals surface area (Å²) in [6.07, 6.45) is 0.823. The Hall–Kier alpha value is -0.910. The summed E-state index contributed by atoms with van der Waals surface area (Å²) >= 11 is 7.38. The first-order valence-corrected chi connectivity index (χ1v) is 6.23. The number of hydrogen-bond donors (Lipinski definition) is 1. The number of rotatable bonds is 4. The van der Waals surface area contributed by atoms with Crippen LogP contribution in [-0.2, 0) is 0 Å². The van der Waals surface area contributed by atoms with Crippen molar-refractivity contribution in [1.29, 1.82) is 0 Å². The van der Waals surface area contributed by atoms with E-state index in [0.29, 0.717) is 23.2 Å². The van der Waals surface area contributed by atoms with Crippen LogP contribution >= 0.6 is 22.9 Å². The molecule has 2 aromatic rings. The molecule has 0 aliphatic carbocycles. The van der Waals surface area contributed by atoms with E-state index in [1.165, 1.54) is 11.3 Å². The first kappa shape index (κ1) is 11.6. The lowest BCUT2D eigenvalue weighted by atomic mass is 10.2. The predicted molar refractivity (Wildman–Crippen MR) is 62.5 cm³/mol. The first-order valence-electron chi connectivity index (χ1n) is 4.97. The molecule has 0 aromatic carbocycles. The van der Waals surface area contributed by atoms with Gasteiger partial charge in [0.25, 0.3) is 5.89 Å². The lowest BCUT2D eigenvalue weighted by molar-refractivity contribution is 0.153. The van der Waals surface area contributed by atoms with Gasteiger partial charge in [0, 0.05) is 0 Å². The molecule has 1 N–H and O–H groups in total. The largest absolute Gasteiger partial charge is 0.385 e. The average Bonchev–Trinajstić information content (AvgIpc) is 2.86. The SMILES string of the molecule is CCCC(O)c1noc(-c2sccc2Cl)n1. The fourth-order valence-corrected chi connectivity index (χ4v) is 2.37. The summed E-state index contributed by atoms with van der Waals surface area (Å²) < 4.78 is 5.06. The first-order chi connectivity index (χ1) is 7.72. The summed E-state index contributed by atoms with van der Waals surface area (Å²) in [5, 5.41) is 15.9. The van der Waals surface area contributed by atoms with Gasteiger partial charge in [-0.05, 0) is 17.9 Å². The van der Waals surface area contributed by atoms with Crippen molar-refractivity contribution >= 4 is 22.9 Å². The Bertz CT molecular complexity index is 469. The lowest BCUT2D eigenvalue weighted by Crippen LogP contribution is -1.98. The Kier molecular flexibility index (Phi) is 3.58. The molecule has 0 saturated carbocycles. The van der Waals surface area contributed by atoms with Crippen molar-refractivity contribution < 1.29 is 9.63 Å². The second kappa shape index (κ2) is 4.95. The molecule has 0 saturated heterocycles. The zero-order valence-electron chi connectivity index (χ0n) is 8.68. The standard InChI is InChI=1S/C10H11ClN2O2S/c1-2-3-7(14)9-12-10(15-13-9)8-6(11)4-5-16-8/h4-5,7,14H,2-3H2,1H3. The molecule has 1 unspecified atom stereocenters. The van der Waals surface area contributed by atoms with Gasteiger partial charge in [-0.3, -0.25) is 0 Å². The molecule has 1 atom stereocenters. The Morgan fingerprint density at radius 2 is 2.44 bits per heavy atom. The van der Waals surface area contributed by atoms with Crippen LogP contribution in [0.1, 0.15) is 31.7 Å². The van der Waals surface area contributed by atoms with Gasteiger partial charge in [-0.15, -0.1) is 11.3 Å². The van der Waals surface area contributed by atoms with Crippen molar-refractivity contribution in [2.75, 3.05) is 0 Å². The van der Waals surface area contributed by atoms with E-state index >= 15 is 0 Å². The van der Waals surface area contributed by atoms with Crippen LogP contribution in [0.5, 0.6) is 0 Å². The number of aliphatic hydroxyl groups is 1. The zero-order valence-corrected chi connectivity index (χ0v) is 10.3. The van der Waals surface area contributed by atoms with E-state index in [-0.39, 0.29) is 0 Å². The molecule has 0 spiro atoms. The molecule has 2 rings (SSSR count). The number of thiophene rings is 1. The molecule has 6 heteroatoms. The Morgan fingerprint density at radius 3 is 3.06 bits per heavy atom. The predicted octanol–water partition coefficient (Wildman–Crippen LogP) is 3.29. The van der Waals surface area contributed by atoms with Gasteiger partial charge in [0.05, 0.1) is 5.02 Å². The van der Waals surface area contributed by atoms with E-state index in [9.17, 15) is 5.11 Å². The third-order valence-corrected chi connectivity index (χ3v) is 3.44. The van der Waals surface area contributed by atoms with Crippen LogP contribution in [0, 0.1) is 0 Å². The van der Waals surface area contributed by atoms with Gasteiger partial charge in [0.2, 0.25) is 5.82 Å². The van der Waals surface area contributed by atoms with Crippen LogP contribution in [0.15, 0.2) is 16.0 Å². The third-order valence-electron chi connectivity index (χ3n) is 2.11. The van der Waals surface area contributed by atoms with Crippen LogP contribution in [0.4, 0.5) is 0 Å². The van der Waals surface area contributed by atoms with Gasteiger partial charge in [0.15, 0.2) is 0 Å². The average molecular weight is 259 g/mol. The molecule has 2 aromatic heterocycles. The number of aliphatic hydroxyl groups excluding tert-OH is 1. The van der Waals surface area contributed by atoms with Gasteiger partial charge in [-0.1, -0.05) is 30.1 Å². The molecule has 0 radical (unpaired) electrons. The van der Waals surface area contributed by atoms with E-state index in [2.05, 4.69) is 10.1 Å². The van der Waals surface area contributed by atoms with Crippen molar-refractivity contribution in [2.45, 2.75) is 25.9 Å². The number of aromatic nitrogens is 2. The van der Waals surface area contributed by atoms with Crippen molar-refractivity contribution in [2.24, 2.45) is 0 Å². The minimum Gasteiger partial charge on any atom is -0.385 e. The summed E-state index contributed by atoms with van der Waals surface area (Å²) in [5.41, 5.74) is 0. The van der Waals surface area contributed by atoms with Crippen LogP contribution in [0.3, 0.4) is 0 Å². The van der Waals surface area contributed by atoms with Crippen LogP contribution in [-0.4, -0.2) is 15.2 Å². The molecule has 16 heavy (non-hydrogen) atoms. The minimum atomic E-state index is -0.666. The summed E-state index contributed by atoms with van der Waals surface area (Å²) in [7, 11) is 0. The summed E-state index contributed by atoms with van der Waals surface area (Å²) in [6, 6.07) is 1.77. The molecule has 86 valence electrons. The number of hydrogen-bond acceptors (Lipinski definition) is 5. The van der Waals surface area contributed by atoms with E-state index in [4.69, 9.17) is 16.1 Å². The van der Waals surface area contributed by atoms with E-state index in [0.717, 1.165) is 11.3 Å². The maximum Gasteiger partial charge on any atom is 0.269 e. The molecule has 0 aliphatic rings. The highest BCUT2D eigenvalue weighted by molar-refractivity contribution is 7.14. The molecular weight excluding hydrogens is 248 g/mol. The van der Waals surface area contributed by atoms with Gasteiger partial charge in [-0.2, -0.15) is 4.98 Å². The fraction of sp³-hybridized carbons (Fsp3) is 0.400. The summed E-state index contributed by atoms with van der Waals surface area (Å²) in [5.74, 6) is 0.687.